The number of carbonyl (C=O) groups is 1. The van der Waals surface area contributed by atoms with E-state index in [1.807, 2.05) is 12.1 Å². The first-order valence-electron chi connectivity index (χ1n) is 7.07. The average molecular weight is 346 g/mol. The smallest absolute Gasteiger partial charge is 0.258 e. The molecule has 0 fully saturated rings. The Labute approximate surface area is 140 Å². The van der Waals surface area contributed by atoms with Crippen molar-refractivity contribution in [2.24, 2.45) is 0 Å². The van der Waals surface area contributed by atoms with Crippen LogP contribution in [0.1, 0.15) is 23.7 Å². The lowest BCUT2D eigenvalue weighted by molar-refractivity contribution is 0.102. The number of rotatable bonds is 5. The summed E-state index contributed by atoms with van der Waals surface area (Å²) in [6.07, 6.45) is 1.03. The molecule has 0 radical (unpaired) electrons. The van der Waals surface area contributed by atoms with Crippen LogP contribution in [0.3, 0.4) is 0 Å². The first-order valence-corrected chi connectivity index (χ1v) is 8.83. The molecule has 1 aromatic carbocycles. The molecular formula is C15H14N4O2S2. The number of nitrogens with zero attached hydrogens (tertiary/aromatic N) is 2. The number of hydrogen-bond donors (Lipinski definition) is 2. The number of para-hydroxylation sites is 1. The third kappa shape index (κ3) is 3.59. The molecule has 2 N–H and O–H groups in total. The lowest BCUT2D eigenvalue weighted by Gasteiger charge is -2.05. The van der Waals surface area contributed by atoms with Crippen molar-refractivity contribution in [3.8, 4) is 0 Å². The Morgan fingerprint density at radius 1 is 1.39 bits per heavy atom. The van der Waals surface area contributed by atoms with Gasteiger partial charge in [0.1, 0.15) is 0 Å². The molecule has 2 aromatic heterocycles. The third-order valence-electron chi connectivity index (χ3n) is 3.06. The van der Waals surface area contributed by atoms with Gasteiger partial charge in [-0.25, -0.2) is 0 Å². The van der Waals surface area contributed by atoms with Gasteiger partial charge in [0.25, 0.3) is 5.91 Å². The molecule has 0 spiro atoms. The number of thioether (sulfide) groups is 1. The first-order chi connectivity index (χ1) is 11.2. The van der Waals surface area contributed by atoms with E-state index < -0.39 is 0 Å². The number of fused-ring (bicyclic) bond motifs is 1. The number of pyridine rings is 1. The van der Waals surface area contributed by atoms with E-state index in [1.165, 1.54) is 6.07 Å². The van der Waals surface area contributed by atoms with Crippen molar-refractivity contribution in [1.29, 1.82) is 0 Å². The Kier molecular flexibility index (Phi) is 4.73. The summed E-state index contributed by atoms with van der Waals surface area (Å²) < 4.78 is 4.19. The van der Waals surface area contributed by atoms with Gasteiger partial charge in [-0.3, -0.25) is 14.9 Å². The Hall–Kier alpha value is -2.19. The van der Waals surface area contributed by atoms with E-state index in [0.717, 1.165) is 23.7 Å². The monoisotopic (exact) mass is 346 g/mol. The zero-order valence-corrected chi connectivity index (χ0v) is 14.0. The molecule has 3 aromatic rings. The van der Waals surface area contributed by atoms with Gasteiger partial charge in [0.2, 0.25) is 15.8 Å². The summed E-state index contributed by atoms with van der Waals surface area (Å²) in [5, 5.41) is 4.49. The normalized spacial score (nSPS) is 10.8. The molecule has 118 valence electrons. The van der Waals surface area contributed by atoms with E-state index in [9.17, 15) is 9.59 Å². The molecule has 0 unspecified atom stereocenters. The Balaban J connectivity index is 1.86. The lowest BCUT2D eigenvalue weighted by Crippen LogP contribution is -2.16. The summed E-state index contributed by atoms with van der Waals surface area (Å²) in [5.74, 6) is 0.568. The summed E-state index contributed by atoms with van der Waals surface area (Å²) in [6.45, 7) is 2.08. The number of benzene rings is 1. The molecule has 0 aliphatic rings. The van der Waals surface area contributed by atoms with Crippen LogP contribution in [-0.4, -0.2) is 26.0 Å². The fourth-order valence-electron chi connectivity index (χ4n) is 2.07. The topological polar surface area (TPSA) is 87.7 Å². The van der Waals surface area contributed by atoms with Crippen LogP contribution in [0.2, 0.25) is 0 Å². The van der Waals surface area contributed by atoms with Crippen molar-refractivity contribution in [3.63, 3.8) is 0 Å². The highest BCUT2D eigenvalue weighted by atomic mass is 32.2. The molecule has 23 heavy (non-hydrogen) atoms. The van der Waals surface area contributed by atoms with E-state index in [2.05, 4.69) is 26.6 Å². The highest BCUT2D eigenvalue weighted by molar-refractivity contribution is 7.99. The lowest BCUT2D eigenvalue weighted by atomic mass is 10.1. The second kappa shape index (κ2) is 6.93. The van der Waals surface area contributed by atoms with Crippen LogP contribution in [0.4, 0.5) is 5.13 Å². The van der Waals surface area contributed by atoms with Gasteiger partial charge >= 0.3 is 0 Å². The predicted octanol–water partition coefficient (Wildman–Crippen LogP) is 3.13. The molecule has 0 saturated heterocycles. The molecule has 8 heteroatoms. The number of anilines is 1. The molecule has 2 heterocycles. The van der Waals surface area contributed by atoms with Crippen LogP contribution in [-0.2, 0) is 0 Å². The maximum absolute atomic E-state index is 12.5. The van der Waals surface area contributed by atoms with E-state index in [1.54, 1.807) is 23.9 Å². The maximum atomic E-state index is 12.5. The SMILES string of the molecule is CCCSc1nsc(NC(=O)c2cc(=O)[nH]c3ccccc23)n1. The molecule has 0 aliphatic heterocycles. The molecule has 6 nitrogen and oxygen atoms in total. The van der Waals surface area contributed by atoms with Crippen molar-refractivity contribution >= 4 is 45.2 Å². The molecule has 0 bridgehead atoms. The number of hydrogen-bond acceptors (Lipinski definition) is 6. The number of nitrogens with one attached hydrogen (secondary N) is 2. The quantitative estimate of drug-likeness (QED) is 0.693. The average Bonchev–Trinajstić information content (AvgIpc) is 2.99. The van der Waals surface area contributed by atoms with Crippen molar-refractivity contribution in [2.45, 2.75) is 18.5 Å². The summed E-state index contributed by atoms with van der Waals surface area (Å²) in [5.41, 5.74) is 0.634. The molecule has 1 amide bonds. The second-order valence-corrected chi connectivity index (χ2v) is 6.59. The zero-order valence-electron chi connectivity index (χ0n) is 12.3. The maximum Gasteiger partial charge on any atom is 0.258 e. The fraction of sp³-hybridized carbons (Fsp3) is 0.200. The molecule has 0 atom stereocenters. The van der Waals surface area contributed by atoms with Crippen LogP contribution in [0.5, 0.6) is 0 Å². The van der Waals surface area contributed by atoms with E-state index >= 15 is 0 Å². The Morgan fingerprint density at radius 2 is 2.22 bits per heavy atom. The highest BCUT2D eigenvalue weighted by Crippen LogP contribution is 2.22. The fourth-order valence-corrected chi connectivity index (χ4v) is 3.46. The number of H-pyrrole nitrogens is 1. The summed E-state index contributed by atoms with van der Waals surface area (Å²) in [4.78, 5) is 31.2. The largest absolute Gasteiger partial charge is 0.322 e. The first kappa shape index (κ1) is 15.7. The predicted molar refractivity (Wildman–Crippen MR) is 93.4 cm³/mol. The molecule has 0 aliphatic carbocycles. The van der Waals surface area contributed by atoms with Gasteiger partial charge in [-0.05, 0) is 12.5 Å². The second-order valence-electron chi connectivity index (χ2n) is 4.78. The minimum atomic E-state index is -0.365. The highest BCUT2D eigenvalue weighted by Gasteiger charge is 2.14. The van der Waals surface area contributed by atoms with E-state index in [4.69, 9.17) is 0 Å². The summed E-state index contributed by atoms with van der Waals surface area (Å²) in [7, 11) is 0. The number of aromatic nitrogens is 3. The minimum absolute atomic E-state index is 0.315. The van der Waals surface area contributed by atoms with Crippen LogP contribution >= 0.6 is 23.3 Å². The van der Waals surface area contributed by atoms with Gasteiger partial charge < -0.3 is 4.98 Å². The third-order valence-corrected chi connectivity index (χ3v) is 4.86. The van der Waals surface area contributed by atoms with Gasteiger partial charge in [0, 0.05) is 34.3 Å². The Bertz CT molecular complexity index is 904. The number of carbonyl (C=O) groups excluding carboxylic acids is 1. The van der Waals surface area contributed by atoms with Crippen molar-refractivity contribution in [1.82, 2.24) is 14.3 Å². The number of aromatic amines is 1. The van der Waals surface area contributed by atoms with Crippen LogP contribution in [0.15, 0.2) is 40.3 Å². The van der Waals surface area contributed by atoms with Crippen LogP contribution in [0.25, 0.3) is 10.9 Å². The molecule has 3 rings (SSSR count). The van der Waals surface area contributed by atoms with E-state index in [0.29, 0.717) is 26.8 Å². The summed E-state index contributed by atoms with van der Waals surface area (Å²) in [6, 6.07) is 8.48. The van der Waals surface area contributed by atoms with Gasteiger partial charge in [-0.15, -0.1) is 0 Å². The van der Waals surface area contributed by atoms with Crippen molar-refractivity contribution in [3.05, 3.63) is 46.2 Å². The van der Waals surface area contributed by atoms with Gasteiger partial charge in [-0.2, -0.15) is 9.36 Å². The number of amides is 1. The summed E-state index contributed by atoms with van der Waals surface area (Å²) >= 11 is 2.68. The van der Waals surface area contributed by atoms with Gasteiger partial charge in [0.15, 0.2) is 0 Å². The minimum Gasteiger partial charge on any atom is -0.322 e. The van der Waals surface area contributed by atoms with E-state index in [-0.39, 0.29) is 11.5 Å². The van der Waals surface area contributed by atoms with Crippen molar-refractivity contribution in [2.75, 3.05) is 11.1 Å². The van der Waals surface area contributed by atoms with Crippen LogP contribution in [0, 0.1) is 0 Å². The standard InChI is InChI=1S/C15H14N4O2S2/c1-2-7-22-15-18-14(23-19-15)17-13(21)10-8-12(20)16-11-6-4-3-5-9(10)11/h3-6,8H,2,7H2,1H3,(H,16,20)(H,17,18,19,21). The van der Waals surface area contributed by atoms with Gasteiger partial charge in [-0.1, -0.05) is 36.9 Å². The zero-order chi connectivity index (χ0) is 16.2. The Morgan fingerprint density at radius 3 is 3.04 bits per heavy atom. The van der Waals surface area contributed by atoms with Crippen molar-refractivity contribution < 1.29 is 4.79 Å². The van der Waals surface area contributed by atoms with Gasteiger partial charge in [0.05, 0.1) is 5.56 Å². The molecule has 0 saturated carbocycles. The van der Waals surface area contributed by atoms with Crippen LogP contribution < -0.4 is 10.9 Å². The molecular weight excluding hydrogens is 332 g/mol.